The Morgan fingerprint density at radius 1 is 1.60 bits per heavy atom. The molecule has 0 saturated heterocycles. The molecule has 0 amide bonds. The van der Waals surface area contributed by atoms with Crippen LogP contribution < -0.4 is 0 Å². The Kier molecular flexibility index (Phi) is 4.94. The summed E-state index contributed by atoms with van der Waals surface area (Å²) in [4.78, 5) is 0. The van der Waals surface area contributed by atoms with Crippen LogP contribution in [0, 0.1) is 9.35 Å². The van der Waals surface area contributed by atoms with Crippen molar-refractivity contribution < 1.29 is 24.6 Å². The average molecular weight is 255 g/mol. The molecule has 0 rings (SSSR count). The molecule has 0 spiro atoms. The number of hydrogen-bond donors (Lipinski definition) is 0. The van der Waals surface area contributed by atoms with E-state index in [0.29, 0.717) is 0 Å². The molecular weight excluding hydrogens is 249 g/mol. The van der Waals surface area contributed by atoms with Crippen molar-refractivity contribution in [2.75, 3.05) is 0 Å². The van der Waals surface area contributed by atoms with Gasteiger partial charge in [-0.05, 0) is 0 Å². The van der Waals surface area contributed by atoms with Crippen LogP contribution in [-0.4, -0.2) is 0 Å². The van der Waals surface area contributed by atoms with Gasteiger partial charge in [0.05, 0.1) is 0 Å². The van der Waals surface area contributed by atoms with E-state index in [9.17, 15) is 0 Å². The second kappa shape index (κ2) is 4.50. The molecule has 0 aliphatic rings. The summed E-state index contributed by atoms with van der Waals surface area (Å²) in [6.45, 7) is 1.91. The maximum absolute atomic E-state index is 3.08. The Labute approximate surface area is 45.4 Å². The van der Waals surface area contributed by atoms with Crippen molar-refractivity contribution >= 4 is 0 Å². The predicted molar refractivity (Wildman–Crippen MR) is 19.3 cm³/mol. The van der Waals surface area contributed by atoms with Crippen LogP contribution in [0.2, 0.25) is 4.43 Å². The van der Waals surface area contributed by atoms with Crippen molar-refractivity contribution in [1.29, 1.82) is 0 Å². The van der Waals surface area contributed by atoms with Crippen LogP contribution in [0.4, 0.5) is 0 Å². The van der Waals surface area contributed by atoms with E-state index in [4.69, 9.17) is 0 Å². The normalized spacial score (nSPS) is 3.60. The Hall–Kier alpha value is 0.495. The molecule has 0 radical (unpaired) electrons. The first-order valence-electron chi connectivity index (χ1n) is 1.81. The van der Waals surface area contributed by atoms with Gasteiger partial charge in [0.2, 0.25) is 0 Å². The molecule has 5 heavy (non-hydrogen) atoms. The van der Waals surface area contributed by atoms with E-state index < -0.39 is 24.6 Å². The van der Waals surface area contributed by atoms with E-state index in [2.05, 4.69) is 13.8 Å². The second-order valence-electron chi connectivity index (χ2n) is 0.780. The summed E-state index contributed by atoms with van der Waals surface area (Å²) in [6.07, 6.45) is 0. The minimum absolute atomic E-state index is 0.505. The third-order valence-electron chi connectivity index (χ3n) is 0.354. The number of rotatable bonds is 0. The van der Waals surface area contributed by atoms with Gasteiger partial charge in [-0.15, -0.1) is 0 Å². The second-order valence-corrected chi connectivity index (χ2v) is 4.90. The van der Waals surface area contributed by atoms with Crippen LogP contribution in [0.15, 0.2) is 0 Å². The molecule has 0 aromatic heterocycles. The third-order valence-corrected chi connectivity index (χ3v) is 3.10. The first-order valence-corrected chi connectivity index (χ1v) is 10.1. The predicted octanol–water partition coefficient (Wildman–Crippen LogP) is 1.10. The molecule has 0 bridgehead atoms. The molecule has 0 saturated carbocycles. The zero-order valence-electron chi connectivity index (χ0n) is 3.71. The molecule has 0 heterocycles. The fourth-order valence-corrected chi connectivity index (χ4v) is 1.55. The third kappa shape index (κ3) is 4.50. The number of hydrogen-bond acceptors (Lipinski definition) is 0. The van der Waals surface area contributed by atoms with Crippen molar-refractivity contribution in [3.05, 3.63) is 0 Å². The van der Waals surface area contributed by atoms with E-state index in [1.54, 1.807) is 0 Å². The molecule has 24 valence electrons. The Bertz CT molecular complexity index is 55.8. The monoisotopic (exact) mass is 256 g/mol. The first kappa shape index (κ1) is 5.50. The molecule has 0 aromatic rings. The fourth-order valence-electron chi connectivity index (χ4n) is 0.177. The van der Waals surface area contributed by atoms with Gasteiger partial charge in [0.1, 0.15) is 0 Å². The summed E-state index contributed by atoms with van der Waals surface area (Å²) >= 11 is -0.505. The van der Waals surface area contributed by atoms with Crippen LogP contribution in [-0.2, 0) is 24.6 Å². The zero-order valence-corrected chi connectivity index (χ0v) is 9.20. The molecule has 0 nitrogen and oxygen atoms in total. The minimum atomic E-state index is -0.505. The van der Waals surface area contributed by atoms with Gasteiger partial charge in [0, 0.05) is 0 Å². The summed E-state index contributed by atoms with van der Waals surface area (Å²) in [5.74, 6) is 2.87. The van der Waals surface area contributed by atoms with Gasteiger partial charge in [0.15, 0.2) is 0 Å². The zero-order chi connectivity index (χ0) is 4.12. The molecule has 0 N–H and O–H groups in total. The van der Waals surface area contributed by atoms with E-state index in [1.807, 2.05) is 6.92 Å². The summed E-state index contributed by atoms with van der Waals surface area (Å²) in [7, 11) is 0. The molecule has 0 aliphatic carbocycles. The summed E-state index contributed by atoms with van der Waals surface area (Å²) in [5.41, 5.74) is 0. The van der Waals surface area contributed by atoms with E-state index in [-0.39, 0.29) is 0 Å². The fraction of sp³-hybridized carbons (Fsp3) is 0.500. The average Bonchev–Trinajstić information content (AvgIpc) is 1.41. The summed E-state index contributed by atoms with van der Waals surface area (Å²) < 4.78 is 5.34. The SMILES string of the molecule is CC#[C][Hg][CH3]. The first-order chi connectivity index (χ1) is 2.41. The summed E-state index contributed by atoms with van der Waals surface area (Å²) in [5, 5.41) is 0. The van der Waals surface area contributed by atoms with Crippen molar-refractivity contribution in [3.63, 3.8) is 0 Å². The Morgan fingerprint density at radius 3 is 2.20 bits per heavy atom. The molecular formula is C4H6Hg. The molecule has 1 heteroatoms. The standard InChI is InChI=1S/C3H3.CH3.Hg/c1-3-2;;/h1H3;1H3;. The molecule has 0 aliphatic heterocycles. The van der Waals surface area contributed by atoms with Crippen molar-refractivity contribution in [2.24, 2.45) is 0 Å². The van der Waals surface area contributed by atoms with Gasteiger partial charge in [-0.1, -0.05) is 0 Å². The van der Waals surface area contributed by atoms with Gasteiger partial charge >= 0.3 is 45.3 Å². The van der Waals surface area contributed by atoms with E-state index >= 15 is 0 Å². The molecule has 0 unspecified atom stereocenters. The van der Waals surface area contributed by atoms with Crippen LogP contribution in [0.3, 0.4) is 0 Å². The van der Waals surface area contributed by atoms with E-state index in [0.717, 1.165) is 0 Å². The van der Waals surface area contributed by atoms with Gasteiger partial charge in [-0.3, -0.25) is 0 Å². The van der Waals surface area contributed by atoms with Gasteiger partial charge in [-0.25, -0.2) is 0 Å². The van der Waals surface area contributed by atoms with Crippen molar-refractivity contribution in [3.8, 4) is 9.35 Å². The quantitative estimate of drug-likeness (QED) is 0.449. The molecule has 0 atom stereocenters. The van der Waals surface area contributed by atoms with Gasteiger partial charge in [-0.2, -0.15) is 0 Å². The van der Waals surface area contributed by atoms with E-state index in [1.165, 1.54) is 0 Å². The van der Waals surface area contributed by atoms with Crippen molar-refractivity contribution in [2.45, 2.75) is 11.4 Å². The van der Waals surface area contributed by atoms with Crippen LogP contribution in [0.1, 0.15) is 6.92 Å². The van der Waals surface area contributed by atoms with Gasteiger partial charge < -0.3 is 0 Å². The topological polar surface area (TPSA) is 0 Å². The van der Waals surface area contributed by atoms with Crippen molar-refractivity contribution in [1.82, 2.24) is 0 Å². The van der Waals surface area contributed by atoms with Crippen LogP contribution >= 0.6 is 0 Å². The van der Waals surface area contributed by atoms with Crippen LogP contribution in [0.5, 0.6) is 0 Å². The molecule has 0 fully saturated rings. The van der Waals surface area contributed by atoms with Gasteiger partial charge in [0.25, 0.3) is 0 Å². The Morgan fingerprint density at radius 2 is 2.20 bits per heavy atom. The van der Waals surface area contributed by atoms with Crippen LogP contribution in [0.25, 0.3) is 0 Å². The molecule has 0 aromatic carbocycles. The maximum atomic E-state index is 3.08. The summed E-state index contributed by atoms with van der Waals surface area (Å²) in [6, 6.07) is 0. The Balaban J connectivity index is 2.81.